The van der Waals surface area contributed by atoms with E-state index in [2.05, 4.69) is 6.92 Å². The van der Waals surface area contributed by atoms with E-state index >= 15 is 0 Å². The molecular weight excluding hydrogens is 176 g/mol. The molecule has 0 aromatic carbocycles. The summed E-state index contributed by atoms with van der Waals surface area (Å²) in [5.41, 5.74) is 0.0947. The minimum absolute atomic E-state index is 0.0947. The molecule has 0 aromatic rings. The summed E-state index contributed by atoms with van der Waals surface area (Å²) in [5, 5.41) is 0. The van der Waals surface area contributed by atoms with Crippen LogP contribution in [0.2, 0.25) is 0 Å². The first-order valence-electron chi connectivity index (χ1n) is 6.10. The quantitative estimate of drug-likeness (QED) is 0.691. The Balaban J connectivity index is 1.69. The topological polar surface area (TPSA) is 18.5 Å². The number of rotatable bonds is 4. The SMILES string of the molecule is CCC1(COC2CCCCC2)CCO1. The molecule has 1 saturated carbocycles. The van der Waals surface area contributed by atoms with Crippen molar-refractivity contribution >= 4 is 0 Å². The van der Waals surface area contributed by atoms with Gasteiger partial charge in [0.15, 0.2) is 0 Å². The second-order valence-corrected chi connectivity index (χ2v) is 4.71. The van der Waals surface area contributed by atoms with E-state index in [9.17, 15) is 0 Å². The van der Waals surface area contributed by atoms with Crippen molar-refractivity contribution in [1.82, 2.24) is 0 Å². The van der Waals surface area contributed by atoms with Crippen molar-refractivity contribution in [2.45, 2.75) is 63.6 Å². The highest BCUT2D eigenvalue weighted by atomic mass is 16.6. The van der Waals surface area contributed by atoms with Gasteiger partial charge in [0, 0.05) is 6.42 Å². The van der Waals surface area contributed by atoms with Gasteiger partial charge in [-0.3, -0.25) is 0 Å². The fourth-order valence-corrected chi connectivity index (χ4v) is 2.39. The van der Waals surface area contributed by atoms with Crippen LogP contribution in [0.15, 0.2) is 0 Å². The molecule has 0 N–H and O–H groups in total. The molecule has 0 spiro atoms. The molecule has 0 bridgehead atoms. The molecule has 0 radical (unpaired) electrons. The lowest BCUT2D eigenvalue weighted by molar-refractivity contribution is -0.192. The maximum Gasteiger partial charge on any atom is 0.0934 e. The van der Waals surface area contributed by atoms with E-state index in [4.69, 9.17) is 9.47 Å². The zero-order valence-electron chi connectivity index (χ0n) is 9.26. The van der Waals surface area contributed by atoms with Gasteiger partial charge in [0.25, 0.3) is 0 Å². The van der Waals surface area contributed by atoms with Gasteiger partial charge in [0.05, 0.1) is 24.9 Å². The van der Waals surface area contributed by atoms with Gasteiger partial charge in [-0.2, -0.15) is 0 Å². The molecule has 2 aliphatic rings. The Morgan fingerprint density at radius 3 is 2.50 bits per heavy atom. The van der Waals surface area contributed by atoms with E-state index in [1.807, 2.05) is 0 Å². The molecule has 0 amide bonds. The largest absolute Gasteiger partial charge is 0.375 e. The van der Waals surface area contributed by atoms with Gasteiger partial charge in [0.2, 0.25) is 0 Å². The Bertz CT molecular complexity index is 164. The third-order valence-corrected chi connectivity index (χ3v) is 3.74. The van der Waals surface area contributed by atoms with Gasteiger partial charge in [0.1, 0.15) is 0 Å². The highest BCUT2D eigenvalue weighted by Crippen LogP contribution is 2.31. The Morgan fingerprint density at radius 1 is 1.29 bits per heavy atom. The first-order chi connectivity index (χ1) is 6.85. The summed E-state index contributed by atoms with van der Waals surface area (Å²) in [6.45, 7) is 3.96. The van der Waals surface area contributed by atoms with Gasteiger partial charge >= 0.3 is 0 Å². The zero-order chi connectivity index (χ0) is 9.86. The van der Waals surface area contributed by atoms with Crippen LogP contribution in [0.1, 0.15) is 51.9 Å². The Labute approximate surface area is 87.0 Å². The molecule has 82 valence electrons. The summed E-state index contributed by atoms with van der Waals surface area (Å²) < 4.78 is 11.6. The minimum Gasteiger partial charge on any atom is -0.375 e. The Morgan fingerprint density at radius 2 is 2.00 bits per heavy atom. The van der Waals surface area contributed by atoms with Crippen molar-refractivity contribution in [3.63, 3.8) is 0 Å². The fourth-order valence-electron chi connectivity index (χ4n) is 2.39. The Kier molecular flexibility index (Phi) is 3.45. The van der Waals surface area contributed by atoms with Crippen LogP contribution in [-0.2, 0) is 9.47 Å². The molecule has 1 unspecified atom stereocenters. The molecule has 1 aliphatic carbocycles. The van der Waals surface area contributed by atoms with Gasteiger partial charge in [-0.25, -0.2) is 0 Å². The van der Waals surface area contributed by atoms with Crippen LogP contribution < -0.4 is 0 Å². The van der Waals surface area contributed by atoms with E-state index in [0.717, 1.165) is 19.6 Å². The van der Waals surface area contributed by atoms with Crippen LogP contribution >= 0.6 is 0 Å². The molecule has 2 heteroatoms. The number of hydrogen-bond donors (Lipinski definition) is 0. The predicted octanol–water partition coefficient (Wildman–Crippen LogP) is 2.90. The summed E-state index contributed by atoms with van der Waals surface area (Å²) in [6, 6.07) is 0. The van der Waals surface area contributed by atoms with Crippen LogP contribution in [0.25, 0.3) is 0 Å². The Hall–Kier alpha value is -0.0800. The summed E-state index contributed by atoms with van der Waals surface area (Å²) >= 11 is 0. The summed E-state index contributed by atoms with van der Waals surface area (Å²) in [4.78, 5) is 0. The van der Waals surface area contributed by atoms with Crippen molar-refractivity contribution in [2.24, 2.45) is 0 Å². The average molecular weight is 198 g/mol. The lowest BCUT2D eigenvalue weighted by Gasteiger charge is -2.42. The van der Waals surface area contributed by atoms with Gasteiger partial charge in [-0.05, 0) is 19.3 Å². The van der Waals surface area contributed by atoms with Gasteiger partial charge < -0.3 is 9.47 Å². The monoisotopic (exact) mass is 198 g/mol. The maximum atomic E-state index is 5.96. The standard InChI is InChI=1S/C12H22O2/c1-2-12(8-9-14-12)10-13-11-6-4-3-5-7-11/h11H,2-10H2,1H3. The average Bonchev–Trinajstić information content (AvgIpc) is 2.19. The smallest absolute Gasteiger partial charge is 0.0934 e. The lowest BCUT2D eigenvalue weighted by atomic mass is 9.92. The fraction of sp³-hybridized carbons (Fsp3) is 1.00. The molecule has 1 saturated heterocycles. The van der Waals surface area contributed by atoms with Crippen LogP contribution in [-0.4, -0.2) is 24.9 Å². The van der Waals surface area contributed by atoms with Crippen LogP contribution in [0.3, 0.4) is 0 Å². The zero-order valence-corrected chi connectivity index (χ0v) is 9.26. The van der Waals surface area contributed by atoms with Crippen LogP contribution in [0.4, 0.5) is 0 Å². The molecule has 2 nitrogen and oxygen atoms in total. The number of ether oxygens (including phenoxy) is 2. The third kappa shape index (κ3) is 2.29. The van der Waals surface area contributed by atoms with Crippen molar-refractivity contribution in [3.05, 3.63) is 0 Å². The van der Waals surface area contributed by atoms with E-state index in [0.29, 0.717) is 6.10 Å². The van der Waals surface area contributed by atoms with Crippen LogP contribution in [0, 0.1) is 0 Å². The first kappa shape index (κ1) is 10.4. The third-order valence-electron chi connectivity index (χ3n) is 3.74. The first-order valence-corrected chi connectivity index (χ1v) is 6.10. The van der Waals surface area contributed by atoms with Crippen LogP contribution in [0.5, 0.6) is 0 Å². The minimum atomic E-state index is 0.0947. The predicted molar refractivity (Wildman–Crippen MR) is 56.4 cm³/mol. The van der Waals surface area contributed by atoms with Gasteiger partial charge in [-0.1, -0.05) is 26.2 Å². The van der Waals surface area contributed by atoms with E-state index in [1.54, 1.807) is 0 Å². The van der Waals surface area contributed by atoms with Gasteiger partial charge in [-0.15, -0.1) is 0 Å². The molecule has 2 fully saturated rings. The molecule has 1 heterocycles. The molecule has 0 aromatic heterocycles. The molecule has 14 heavy (non-hydrogen) atoms. The van der Waals surface area contributed by atoms with Crippen molar-refractivity contribution < 1.29 is 9.47 Å². The highest BCUT2D eigenvalue weighted by Gasteiger charge is 2.37. The molecular formula is C12H22O2. The second kappa shape index (κ2) is 4.63. The molecule has 1 aliphatic heterocycles. The second-order valence-electron chi connectivity index (χ2n) is 4.71. The molecule has 1 atom stereocenters. The van der Waals surface area contributed by atoms with E-state index in [-0.39, 0.29) is 5.60 Å². The summed E-state index contributed by atoms with van der Waals surface area (Å²) in [7, 11) is 0. The van der Waals surface area contributed by atoms with Crippen molar-refractivity contribution in [3.8, 4) is 0 Å². The normalized spacial score (nSPS) is 34.1. The lowest BCUT2D eigenvalue weighted by Crippen LogP contribution is -2.48. The van der Waals surface area contributed by atoms with Crippen molar-refractivity contribution in [1.29, 1.82) is 0 Å². The van der Waals surface area contributed by atoms with Crippen molar-refractivity contribution in [2.75, 3.05) is 13.2 Å². The maximum absolute atomic E-state index is 5.96. The summed E-state index contributed by atoms with van der Waals surface area (Å²) in [5.74, 6) is 0. The number of hydrogen-bond acceptors (Lipinski definition) is 2. The highest BCUT2D eigenvalue weighted by molar-refractivity contribution is 4.86. The molecule has 2 rings (SSSR count). The van der Waals surface area contributed by atoms with E-state index < -0.39 is 0 Å². The van der Waals surface area contributed by atoms with E-state index in [1.165, 1.54) is 38.5 Å². The summed E-state index contributed by atoms with van der Waals surface area (Å²) in [6.07, 6.45) is 9.44.